The Hall–Kier alpha value is -1.77. The van der Waals surface area contributed by atoms with Gasteiger partial charge in [-0.1, -0.05) is 18.7 Å². The summed E-state index contributed by atoms with van der Waals surface area (Å²) < 4.78 is 4.85. The molecule has 0 saturated carbocycles. The number of nitrogen functional groups attached to an aromatic ring is 1. The predicted octanol–water partition coefficient (Wildman–Crippen LogP) is 1.93. The van der Waals surface area contributed by atoms with Crippen molar-refractivity contribution in [3.05, 3.63) is 42.5 Å². The summed E-state index contributed by atoms with van der Waals surface area (Å²) >= 11 is 0. The summed E-state index contributed by atoms with van der Waals surface area (Å²) in [5.74, 6) is -0.373. The second-order valence-electron chi connectivity index (χ2n) is 3.22. The Kier molecular flexibility index (Phi) is 4.41. The molecule has 1 aromatic rings. The summed E-state index contributed by atoms with van der Waals surface area (Å²) in [4.78, 5) is 10.7. The molecule has 3 heteroatoms. The van der Waals surface area contributed by atoms with Gasteiger partial charge in [0.15, 0.2) is 0 Å². The molecule has 0 fully saturated rings. The molecule has 2 N–H and O–H groups in total. The van der Waals surface area contributed by atoms with Crippen LogP contribution in [0.25, 0.3) is 0 Å². The van der Waals surface area contributed by atoms with Crippen molar-refractivity contribution >= 4 is 11.7 Å². The first-order valence-corrected chi connectivity index (χ1v) is 4.86. The minimum absolute atomic E-state index is 0.373. The van der Waals surface area contributed by atoms with Gasteiger partial charge < -0.3 is 10.5 Å². The third-order valence-corrected chi connectivity index (χ3v) is 1.97. The Bertz CT molecular complexity index is 347. The Morgan fingerprint density at radius 2 is 2.33 bits per heavy atom. The average Bonchev–Trinajstić information content (AvgIpc) is 2.24. The maximum Gasteiger partial charge on any atom is 0.330 e. The van der Waals surface area contributed by atoms with Crippen LogP contribution in [0.4, 0.5) is 5.69 Å². The number of nitrogens with two attached hydrogens (primary N) is 1. The van der Waals surface area contributed by atoms with Crippen LogP contribution in [0.2, 0.25) is 0 Å². The van der Waals surface area contributed by atoms with E-state index >= 15 is 0 Å². The first kappa shape index (κ1) is 11.3. The molecule has 0 aliphatic carbocycles. The Morgan fingerprint density at radius 1 is 1.53 bits per heavy atom. The van der Waals surface area contributed by atoms with E-state index < -0.39 is 0 Å². The summed E-state index contributed by atoms with van der Waals surface area (Å²) in [5, 5.41) is 0. The highest BCUT2D eigenvalue weighted by atomic mass is 16.5. The fraction of sp³-hybridized carbons (Fsp3) is 0.250. The summed E-state index contributed by atoms with van der Waals surface area (Å²) in [6, 6.07) is 7.70. The second kappa shape index (κ2) is 5.86. The van der Waals surface area contributed by atoms with E-state index in [9.17, 15) is 4.79 Å². The van der Waals surface area contributed by atoms with Crippen LogP contribution in [0.15, 0.2) is 36.9 Å². The molecular formula is C12H15NO2. The van der Waals surface area contributed by atoms with Gasteiger partial charge in [0, 0.05) is 11.8 Å². The molecule has 0 bridgehead atoms. The Morgan fingerprint density at radius 3 is 3.00 bits per heavy atom. The van der Waals surface area contributed by atoms with Crippen LogP contribution in [0.1, 0.15) is 12.0 Å². The third kappa shape index (κ3) is 4.31. The van der Waals surface area contributed by atoms with Crippen LogP contribution in [-0.2, 0) is 16.0 Å². The Labute approximate surface area is 89.5 Å². The van der Waals surface area contributed by atoms with E-state index in [2.05, 4.69) is 6.58 Å². The van der Waals surface area contributed by atoms with E-state index in [1.807, 2.05) is 24.3 Å². The molecule has 0 radical (unpaired) electrons. The summed E-state index contributed by atoms with van der Waals surface area (Å²) in [5.41, 5.74) is 7.55. The molecule has 0 saturated heterocycles. The minimum Gasteiger partial charge on any atom is -0.463 e. The molecule has 0 spiro atoms. The SMILES string of the molecule is C=CC(=O)OCCCc1cccc(N)c1. The van der Waals surface area contributed by atoms with Gasteiger partial charge in [-0.05, 0) is 30.5 Å². The van der Waals surface area contributed by atoms with Gasteiger partial charge in [0.25, 0.3) is 0 Å². The summed E-state index contributed by atoms with van der Waals surface area (Å²) in [6.07, 6.45) is 2.82. The monoisotopic (exact) mass is 205 g/mol. The lowest BCUT2D eigenvalue weighted by Gasteiger charge is -2.03. The molecule has 0 atom stereocenters. The zero-order valence-electron chi connectivity index (χ0n) is 8.61. The standard InChI is InChI=1S/C12H15NO2/c1-2-12(14)15-8-4-6-10-5-3-7-11(13)9-10/h2-3,5,7,9H,1,4,6,8,13H2. The molecule has 0 unspecified atom stereocenters. The van der Waals surface area contributed by atoms with E-state index in [1.54, 1.807) is 0 Å². The smallest absolute Gasteiger partial charge is 0.330 e. The number of aryl methyl sites for hydroxylation is 1. The number of ether oxygens (including phenoxy) is 1. The van der Waals surface area contributed by atoms with Gasteiger partial charge in [-0.2, -0.15) is 0 Å². The third-order valence-electron chi connectivity index (χ3n) is 1.97. The highest BCUT2D eigenvalue weighted by molar-refractivity contribution is 5.81. The zero-order chi connectivity index (χ0) is 11.1. The maximum absolute atomic E-state index is 10.7. The highest BCUT2D eigenvalue weighted by Gasteiger charge is 1.97. The lowest BCUT2D eigenvalue weighted by atomic mass is 10.1. The van der Waals surface area contributed by atoms with Gasteiger partial charge in [-0.3, -0.25) is 0 Å². The van der Waals surface area contributed by atoms with Crippen molar-refractivity contribution in [1.29, 1.82) is 0 Å². The number of rotatable bonds is 5. The molecule has 0 heterocycles. The molecule has 1 aromatic carbocycles. The van der Waals surface area contributed by atoms with Gasteiger partial charge in [0.1, 0.15) is 0 Å². The van der Waals surface area contributed by atoms with E-state index in [4.69, 9.17) is 10.5 Å². The molecule has 3 nitrogen and oxygen atoms in total. The second-order valence-corrected chi connectivity index (χ2v) is 3.22. The van der Waals surface area contributed by atoms with Crippen molar-refractivity contribution in [1.82, 2.24) is 0 Å². The summed E-state index contributed by atoms with van der Waals surface area (Å²) in [6.45, 7) is 3.73. The van der Waals surface area contributed by atoms with Crippen LogP contribution in [0.3, 0.4) is 0 Å². The number of anilines is 1. The van der Waals surface area contributed by atoms with Crippen LogP contribution < -0.4 is 5.73 Å². The summed E-state index contributed by atoms with van der Waals surface area (Å²) in [7, 11) is 0. The molecule has 0 amide bonds. The van der Waals surface area contributed by atoms with Crippen LogP contribution >= 0.6 is 0 Å². The van der Waals surface area contributed by atoms with Gasteiger partial charge in [-0.25, -0.2) is 4.79 Å². The fourth-order valence-corrected chi connectivity index (χ4v) is 1.26. The number of hydrogen-bond acceptors (Lipinski definition) is 3. The number of carbonyl (C=O) groups is 1. The van der Waals surface area contributed by atoms with Gasteiger partial charge >= 0.3 is 5.97 Å². The van der Waals surface area contributed by atoms with Gasteiger partial charge in [-0.15, -0.1) is 0 Å². The molecular weight excluding hydrogens is 190 g/mol. The Balaban J connectivity index is 2.26. The predicted molar refractivity (Wildman–Crippen MR) is 60.3 cm³/mol. The van der Waals surface area contributed by atoms with E-state index in [-0.39, 0.29) is 5.97 Å². The number of carbonyl (C=O) groups excluding carboxylic acids is 1. The molecule has 1 rings (SSSR count). The fourth-order valence-electron chi connectivity index (χ4n) is 1.26. The molecule has 80 valence electrons. The van der Waals surface area contributed by atoms with Crippen LogP contribution in [0.5, 0.6) is 0 Å². The number of benzene rings is 1. The van der Waals surface area contributed by atoms with Crippen molar-refractivity contribution in [3.63, 3.8) is 0 Å². The molecule has 15 heavy (non-hydrogen) atoms. The first-order valence-electron chi connectivity index (χ1n) is 4.86. The molecule has 0 aromatic heterocycles. The van der Waals surface area contributed by atoms with Crippen molar-refractivity contribution < 1.29 is 9.53 Å². The van der Waals surface area contributed by atoms with E-state index in [1.165, 1.54) is 6.08 Å². The number of esters is 1. The lowest BCUT2D eigenvalue weighted by molar-refractivity contribution is -0.137. The molecule has 0 aliphatic rings. The first-order chi connectivity index (χ1) is 7.22. The zero-order valence-corrected chi connectivity index (χ0v) is 8.61. The number of hydrogen-bond donors (Lipinski definition) is 1. The van der Waals surface area contributed by atoms with Gasteiger partial charge in [0.2, 0.25) is 0 Å². The van der Waals surface area contributed by atoms with Crippen LogP contribution in [-0.4, -0.2) is 12.6 Å². The average molecular weight is 205 g/mol. The van der Waals surface area contributed by atoms with Crippen molar-refractivity contribution in [3.8, 4) is 0 Å². The van der Waals surface area contributed by atoms with Crippen molar-refractivity contribution in [2.75, 3.05) is 12.3 Å². The topological polar surface area (TPSA) is 52.3 Å². The van der Waals surface area contributed by atoms with E-state index in [0.717, 1.165) is 24.1 Å². The highest BCUT2D eigenvalue weighted by Crippen LogP contribution is 2.08. The van der Waals surface area contributed by atoms with Crippen LogP contribution in [0, 0.1) is 0 Å². The quantitative estimate of drug-likeness (QED) is 0.346. The van der Waals surface area contributed by atoms with E-state index in [0.29, 0.717) is 6.61 Å². The lowest BCUT2D eigenvalue weighted by Crippen LogP contribution is -2.02. The molecule has 0 aliphatic heterocycles. The van der Waals surface area contributed by atoms with Gasteiger partial charge in [0.05, 0.1) is 6.61 Å². The van der Waals surface area contributed by atoms with Crippen molar-refractivity contribution in [2.24, 2.45) is 0 Å². The minimum atomic E-state index is -0.373. The normalized spacial score (nSPS) is 9.60. The largest absolute Gasteiger partial charge is 0.463 e. The maximum atomic E-state index is 10.7. The van der Waals surface area contributed by atoms with Crippen molar-refractivity contribution in [2.45, 2.75) is 12.8 Å².